The zero-order valence-corrected chi connectivity index (χ0v) is 17.0. The number of carbonyl (C=O) groups excluding carboxylic acids is 1. The highest BCUT2D eigenvalue weighted by atomic mass is 79.9. The van der Waals surface area contributed by atoms with Gasteiger partial charge in [0.15, 0.2) is 6.79 Å². The van der Waals surface area contributed by atoms with Crippen molar-refractivity contribution < 1.29 is 23.9 Å². The lowest BCUT2D eigenvalue weighted by Crippen LogP contribution is -2.56. The monoisotopic (exact) mass is 451 g/mol. The molecule has 150 valence electrons. The van der Waals surface area contributed by atoms with Crippen LogP contribution in [0.3, 0.4) is 0 Å². The standard InChI is InChI=1S/C20H22BrNO6/c21-20-6-12-1-13(7-20)5-19(4-12,10-20)18(23)27-9-15-3-16(22(24)25)2-14-8-26-11-28-17(14)15/h2-3,12-13H,1,4-11H2/t12-,13-,19?,20?/m1/s1. The number of hydrogen-bond donors (Lipinski definition) is 0. The van der Waals surface area contributed by atoms with E-state index in [4.69, 9.17) is 14.2 Å². The summed E-state index contributed by atoms with van der Waals surface area (Å²) in [4.78, 5) is 24.0. The van der Waals surface area contributed by atoms with Crippen LogP contribution in [-0.4, -0.2) is 22.0 Å². The van der Waals surface area contributed by atoms with Crippen molar-refractivity contribution in [2.45, 2.75) is 56.1 Å². The number of nitrogens with zero attached hydrogens (tertiary/aromatic N) is 1. The van der Waals surface area contributed by atoms with E-state index < -0.39 is 10.3 Å². The summed E-state index contributed by atoms with van der Waals surface area (Å²) in [6.07, 6.45) is 6.12. The Morgan fingerprint density at radius 1 is 1.29 bits per heavy atom. The first-order valence-corrected chi connectivity index (χ1v) is 10.5. The fraction of sp³-hybridized carbons (Fsp3) is 0.650. The fourth-order valence-electron chi connectivity index (χ4n) is 6.18. The van der Waals surface area contributed by atoms with Crippen molar-refractivity contribution in [2.75, 3.05) is 6.79 Å². The Labute approximate surface area is 171 Å². The highest BCUT2D eigenvalue weighted by Gasteiger charge is 2.60. The van der Waals surface area contributed by atoms with Crippen molar-refractivity contribution in [3.8, 4) is 5.75 Å². The van der Waals surface area contributed by atoms with E-state index in [2.05, 4.69) is 15.9 Å². The second-order valence-electron chi connectivity index (χ2n) is 8.93. The van der Waals surface area contributed by atoms with E-state index in [0.29, 0.717) is 28.7 Å². The van der Waals surface area contributed by atoms with Gasteiger partial charge < -0.3 is 14.2 Å². The van der Waals surface area contributed by atoms with Gasteiger partial charge in [0, 0.05) is 27.6 Å². The number of benzene rings is 1. The molecule has 4 saturated carbocycles. The Bertz CT molecular complexity index is 841. The summed E-state index contributed by atoms with van der Waals surface area (Å²) < 4.78 is 16.6. The number of alkyl halides is 1. The Morgan fingerprint density at radius 2 is 2.04 bits per heavy atom. The molecule has 5 aliphatic rings. The Balaban J connectivity index is 1.37. The lowest BCUT2D eigenvalue weighted by molar-refractivity contribution is -0.385. The molecule has 2 atom stereocenters. The van der Waals surface area contributed by atoms with Gasteiger partial charge in [0.05, 0.1) is 16.9 Å². The summed E-state index contributed by atoms with van der Waals surface area (Å²) in [5.41, 5.74) is 0.672. The Kier molecular flexibility index (Phi) is 4.21. The van der Waals surface area contributed by atoms with E-state index in [9.17, 15) is 14.9 Å². The van der Waals surface area contributed by atoms with Crippen LogP contribution >= 0.6 is 15.9 Å². The summed E-state index contributed by atoms with van der Waals surface area (Å²) in [7, 11) is 0. The largest absolute Gasteiger partial charge is 0.467 e. The Hall–Kier alpha value is -1.67. The van der Waals surface area contributed by atoms with Crippen molar-refractivity contribution >= 4 is 27.6 Å². The van der Waals surface area contributed by atoms with Gasteiger partial charge in [-0.2, -0.15) is 0 Å². The van der Waals surface area contributed by atoms with Crippen LogP contribution in [0, 0.1) is 27.4 Å². The van der Waals surface area contributed by atoms with Crippen LogP contribution in [0.4, 0.5) is 5.69 Å². The first-order valence-electron chi connectivity index (χ1n) is 9.73. The third-order valence-electron chi connectivity index (χ3n) is 6.76. The maximum atomic E-state index is 13.2. The molecule has 0 amide bonds. The van der Waals surface area contributed by atoms with E-state index in [-0.39, 0.29) is 36.0 Å². The number of fused-ring (bicyclic) bond motifs is 1. The minimum atomic E-state index is -0.451. The molecule has 1 heterocycles. The summed E-state index contributed by atoms with van der Waals surface area (Å²) in [6, 6.07) is 2.89. The molecule has 4 bridgehead atoms. The van der Waals surface area contributed by atoms with Crippen LogP contribution in [0.5, 0.6) is 5.75 Å². The molecule has 0 spiro atoms. The molecule has 4 fully saturated rings. The first kappa shape index (κ1) is 18.4. The number of halogens is 1. The molecule has 0 radical (unpaired) electrons. The van der Waals surface area contributed by atoms with Crippen LogP contribution in [0.25, 0.3) is 0 Å². The summed E-state index contributed by atoms with van der Waals surface area (Å²) in [5, 5.41) is 11.3. The predicted molar refractivity (Wildman–Crippen MR) is 102 cm³/mol. The highest BCUT2D eigenvalue weighted by Crippen LogP contribution is 2.64. The third kappa shape index (κ3) is 3.01. The van der Waals surface area contributed by atoms with Gasteiger partial charge in [0.2, 0.25) is 0 Å². The third-order valence-corrected chi connectivity index (χ3v) is 7.69. The number of nitro benzene ring substituents is 1. The second kappa shape index (κ2) is 6.42. The topological polar surface area (TPSA) is 87.9 Å². The number of nitro groups is 1. The average molecular weight is 452 g/mol. The van der Waals surface area contributed by atoms with Gasteiger partial charge in [-0.3, -0.25) is 14.9 Å². The van der Waals surface area contributed by atoms with E-state index in [1.54, 1.807) is 0 Å². The molecule has 0 unspecified atom stereocenters. The number of hydrogen-bond acceptors (Lipinski definition) is 6. The molecule has 0 N–H and O–H groups in total. The van der Waals surface area contributed by atoms with E-state index in [1.807, 2.05) is 0 Å². The predicted octanol–water partition coefficient (Wildman–Crippen LogP) is 4.24. The van der Waals surface area contributed by atoms with Gasteiger partial charge in [-0.1, -0.05) is 15.9 Å². The van der Waals surface area contributed by atoms with Gasteiger partial charge in [-0.15, -0.1) is 0 Å². The normalized spacial score (nSPS) is 35.2. The molecule has 1 aliphatic heterocycles. The summed E-state index contributed by atoms with van der Waals surface area (Å²) in [5.74, 6) is 1.53. The molecule has 4 aliphatic carbocycles. The van der Waals surface area contributed by atoms with Crippen molar-refractivity contribution in [1.82, 2.24) is 0 Å². The molecular formula is C20H22BrNO6. The van der Waals surface area contributed by atoms with Gasteiger partial charge in [-0.05, 0) is 50.4 Å². The van der Waals surface area contributed by atoms with E-state index in [1.165, 1.54) is 18.6 Å². The van der Waals surface area contributed by atoms with Crippen LogP contribution in [0.2, 0.25) is 0 Å². The lowest BCUT2D eigenvalue weighted by Gasteiger charge is -2.58. The molecule has 6 rings (SSSR count). The lowest BCUT2D eigenvalue weighted by atomic mass is 9.49. The van der Waals surface area contributed by atoms with Crippen LogP contribution in [0.15, 0.2) is 12.1 Å². The second-order valence-corrected chi connectivity index (χ2v) is 10.6. The molecule has 28 heavy (non-hydrogen) atoms. The Morgan fingerprint density at radius 3 is 2.71 bits per heavy atom. The van der Waals surface area contributed by atoms with Crippen LogP contribution in [-0.2, 0) is 27.5 Å². The first-order chi connectivity index (χ1) is 13.4. The quantitative estimate of drug-likeness (QED) is 0.294. The number of non-ortho nitro benzene ring substituents is 1. The molecule has 0 saturated heterocycles. The molecule has 8 heteroatoms. The number of esters is 1. The van der Waals surface area contributed by atoms with Crippen LogP contribution in [0.1, 0.15) is 49.7 Å². The summed E-state index contributed by atoms with van der Waals surface area (Å²) >= 11 is 3.92. The minimum Gasteiger partial charge on any atom is -0.467 e. The maximum absolute atomic E-state index is 13.2. The van der Waals surface area contributed by atoms with Gasteiger partial charge >= 0.3 is 5.97 Å². The minimum absolute atomic E-state index is 0.0186. The van der Waals surface area contributed by atoms with Gasteiger partial charge in [0.25, 0.3) is 5.69 Å². The van der Waals surface area contributed by atoms with Crippen molar-refractivity contribution in [1.29, 1.82) is 0 Å². The van der Waals surface area contributed by atoms with Gasteiger partial charge in [-0.25, -0.2) is 0 Å². The average Bonchev–Trinajstić information content (AvgIpc) is 2.63. The highest BCUT2D eigenvalue weighted by molar-refractivity contribution is 9.10. The smallest absolute Gasteiger partial charge is 0.312 e. The van der Waals surface area contributed by atoms with Crippen molar-refractivity contribution in [3.63, 3.8) is 0 Å². The van der Waals surface area contributed by atoms with Gasteiger partial charge in [0.1, 0.15) is 12.4 Å². The van der Waals surface area contributed by atoms with E-state index >= 15 is 0 Å². The van der Waals surface area contributed by atoms with E-state index in [0.717, 1.165) is 32.1 Å². The molecule has 0 aromatic heterocycles. The maximum Gasteiger partial charge on any atom is 0.312 e. The molecular weight excluding hydrogens is 430 g/mol. The molecule has 1 aromatic rings. The number of rotatable bonds is 4. The number of carbonyl (C=O) groups is 1. The summed E-state index contributed by atoms with van der Waals surface area (Å²) in [6.45, 7) is 0.317. The van der Waals surface area contributed by atoms with Crippen molar-refractivity contribution in [2.24, 2.45) is 17.3 Å². The molecule has 1 aromatic carbocycles. The zero-order chi connectivity index (χ0) is 19.5. The van der Waals surface area contributed by atoms with Crippen molar-refractivity contribution in [3.05, 3.63) is 33.4 Å². The zero-order valence-electron chi connectivity index (χ0n) is 15.4. The van der Waals surface area contributed by atoms with Crippen LogP contribution < -0.4 is 4.74 Å². The number of ether oxygens (including phenoxy) is 3. The molecule has 7 nitrogen and oxygen atoms in total. The fourth-order valence-corrected chi connectivity index (χ4v) is 7.63. The SMILES string of the molecule is O=C(OCc1cc([N+](=O)[O-])cc2c1OCOC2)C12C[C@H]3C[C@@H](CC(Br)(C3)C1)C2.